The zero-order valence-electron chi connectivity index (χ0n) is 16.2. The zero-order valence-corrected chi connectivity index (χ0v) is 17.0. The fourth-order valence-corrected chi connectivity index (χ4v) is 3.39. The van der Waals surface area contributed by atoms with Crippen molar-refractivity contribution in [3.05, 3.63) is 83.3 Å². The van der Waals surface area contributed by atoms with Crippen LogP contribution in [0.1, 0.15) is 29.3 Å². The molecule has 0 spiro atoms. The largest absolute Gasteiger partial charge is 0.432 e. The van der Waals surface area contributed by atoms with Crippen molar-refractivity contribution in [2.45, 2.75) is 13.3 Å². The van der Waals surface area contributed by atoms with Gasteiger partial charge in [-0.15, -0.1) is 12.4 Å². The molecule has 1 aliphatic heterocycles. The first-order valence-corrected chi connectivity index (χ1v) is 9.22. The molecule has 0 unspecified atom stereocenters. The average Bonchev–Trinajstić information content (AvgIpc) is 3.24. The van der Waals surface area contributed by atoms with Crippen LogP contribution in [0, 0.1) is 11.6 Å². The number of carbonyl (C=O) groups excluding carboxylic acids is 1. The molecule has 1 N–H and O–H groups in total. The molecule has 8 heteroatoms. The molecule has 1 aromatic heterocycles. The molecule has 30 heavy (non-hydrogen) atoms. The van der Waals surface area contributed by atoms with E-state index < -0.39 is 23.1 Å². The van der Waals surface area contributed by atoms with Gasteiger partial charge in [0, 0.05) is 18.8 Å². The highest BCUT2D eigenvalue weighted by atomic mass is 35.5. The van der Waals surface area contributed by atoms with Gasteiger partial charge in [0.2, 0.25) is 0 Å². The lowest BCUT2D eigenvalue weighted by Crippen LogP contribution is -2.31. The maximum absolute atomic E-state index is 13.8. The molecular weight excluding hydrogens is 412 g/mol. The van der Waals surface area contributed by atoms with E-state index in [1.807, 2.05) is 12.1 Å². The summed E-state index contributed by atoms with van der Waals surface area (Å²) in [4.78, 5) is 18.5. The van der Waals surface area contributed by atoms with Crippen LogP contribution in [0.4, 0.5) is 20.5 Å². The Labute approximate surface area is 178 Å². The van der Waals surface area contributed by atoms with Crippen molar-refractivity contribution in [2.24, 2.45) is 0 Å². The van der Waals surface area contributed by atoms with Crippen molar-refractivity contribution in [3.8, 4) is 0 Å². The molecule has 0 saturated carbocycles. The van der Waals surface area contributed by atoms with Crippen LogP contribution in [0.15, 0.2) is 64.9 Å². The number of nitrogens with one attached hydrogen (secondary N) is 1. The van der Waals surface area contributed by atoms with Gasteiger partial charge in [0.15, 0.2) is 0 Å². The van der Waals surface area contributed by atoms with Gasteiger partial charge in [-0.3, -0.25) is 4.79 Å². The number of hydrogen-bond acceptors (Lipinski definition) is 4. The van der Waals surface area contributed by atoms with Crippen molar-refractivity contribution in [1.82, 2.24) is 4.98 Å². The third-order valence-electron chi connectivity index (χ3n) is 4.99. The second-order valence-electron chi connectivity index (χ2n) is 6.87. The van der Waals surface area contributed by atoms with Crippen LogP contribution in [0.25, 0.3) is 5.57 Å². The van der Waals surface area contributed by atoms with E-state index in [9.17, 15) is 13.6 Å². The van der Waals surface area contributed by atoms with Crippen LogP contribution in [-0.4, -0.2) is 24.0 Å². The average molecular weight is 432 g/mol. The van der Waals surface area contributed by atoms with Crippen molar-refractivity contribution in [2.75, 3.05) is 23.3 Å². The topological polar surface area (TPSA) is 58.4 Å². The van der Waals surface area contributed by atoms with Crippen molar-refractivity contribution >= 4 is 35.6 Å². The Hall–Kier alpha value is -3.19. The van der Waals surface area contributed by atoms with E-state index in [2.05, 4.69) is 22.1 Å². The molecule has 1 aliphatic rings. The maximum atomic E-state index is 13.8. The highest BCUT2D eigenvalue weighted by Crippen LogP contribution is 2.29. The Morgan fingerprint density at radius 1 is 1.13 bits per heavy atom. The van der Waals surface area contributed by atoms with Gasteiger partial charge in [-0.2, -0.15) is 0 Å². The number of benzene rings is 2. The third-order valence-corrected chi connectivity index (χ3v) is 4.99. The van der Waals surface area contributed by atoms with Crippen LogP contribution < -0.4 is 10.2 Å². The first-order chi connectivity index (χ1) is 14.0. The van der Waals surface area contributed by atoms with E-state index >= 15 is 0 Å². The van der Waals surface area contributed by atoms with E-state index in [1.165, 1.54) is 11.6 Å². The standard InChI is InChI=1S/C22H19F2N3O2.ClH/c1-14-9-11-27(22-25-10-12-29-22)13-17(14)15-5-7-16(8-6-15)26-21(28)20-18(23)3-2-4-19(20)24;/h2-8,10,12H,9,11,13H2,1H3,(H,26,28);1H. The summed E-state index contributed by atoms with van der Waals surface area (Å²) in [5.74, 6) is -2.61. The summed E-state index contributed by atoms with van der Waals surface area (Å²) in [6.45, 7) is 3.59. The SMILES string of the molecule is CC1=C(c2ccc(NC(=O)c3c(F)cccc3F)cc2)CN(c2ncco2)CC1.Cl. The number of anilines is 2. The molecule has 0 radical (unpaired) electrons. The molecule has 5 nitrogen and oxygen atoms in total. The highest BCUT2D eigenvalue weighted by molar-refractivity contribution is 6.04. The molecule has 2 aromatic carbocycles. The summed E-state index contributed by atoms with van der Waals surface area (Å²) in [5, 5.41) is 2.54. The number of oxazole rings is 1. The minimum Gasteiger partial charge on any atom is -0.432 e. The quantitative estimate of drug-likeness (QED) is 0.608. The summed E-state index contributed by atoms with van der Waals surface area (Å²) in [5.41, 5.74) is 3.31. The summed E-state index contributed by atoms with van der Waals surface area (Å²) >= 11 is 0. The number of rotatable bonds is 4. The molecule has 4 rings (SSSR count). The van der Waals surface area contributed by atoms with Gasteiger partial charge in [0.05, 0.1) is 6.20 Å². The normalized spacial score (nSPS) is 13.8. The lowest BCUT2D eigenvalue weighted by atomic mass is 9.95. The summed E-state index contributed by atoms with van der Waals surface area (Å²) in [6, 6.07) is 11.1. The Balaban J connectivity index is 0.00000256. The molecule has 156 valence electrons. The third kappa shape index (κ3) is 4.36. The summed E-state index contributed by atoms with van der Waals surface area (Å²) in [7, 11) is 0. The van der Waals surface area contributed by atoms with E-state index in [4.69, 9.17) is 4.42 Å². The number of amides is 1. The molecule has 0 fully saturated rings. The molecule has 0 atom stereocenters. The predicted molar refractivity (Wildman–Crippen MR) is 114 cm³/mol. The van der Waals surface area contributed by atoms with Gasteiger partial charge in [0.25, 0.3) is 11.9 Å². The lowest BCUT2D eigenvalue weighted by molar-refractivity contribution is 0.101. The van der Waals surface area contributed by atoms with E-state index in [0.29, 0.717) is 18.2 Å². The summed E-state index contributed by atoms with van der Waals surface area (Å²) in [6.07, 6.45) is 4.06. The van der Waals surface area contributed by atoms with Gasteiger partial charge in [0.1, 0.15) is 23.5 Å². The molecule has 0 aliphatic carbocycles. The van der Waals surface area contributed by atoms with E-state index in [1.54, 1.807) is 24.6 Å². The molecular formula is C22H20ClF2N3O2. The highest BCUT2D eigenvalue weighted by Gasteiger charge is 2.21. The van der Waals surface area contributed by atoms with Crippen molar-refractivity contribution in [3.63, 3.8) is 0 Å². The van der Waals surface area contributed by atoms with Crippen molar-refractivity contribution in [1.29, 1.82) is 0 Å². The fourth-order valence-electron chi connectivity index (χ4n) is 3.39. The minimum atomic E-state index is -0.895. The number of carbonyl (C=O) groups is 1. The van der Waals surface area contributed by atoms with E-state index in [0.717, 1.165) is 36.2 Å². The molecule has 2 heterocycles. The van der Waals surface area contributed by atoms with Gasteiger partial charge >= 0.3 is 0 Å². The molecule has 0 bridgehead atoms. The molecule has 1 amide bonds. The Kier molecular flexibility index (Phi) is 6.52. The number of halogens is 3. The van der Waals surface area contributed by atoms with Gasteiger partial charge in [-0.25, -0.2) is 13.8 Å². The fraction of sp³-hybridized carbons (Fsp3) is 0.182. The summed E-state index contributed by atoms with van der Waals surface area (Å²) < 4.78 is 33.0. The van der Waals surface area contributed by atoms with E-state index in [-0.39, 0.29) is 12.4 Å². The van der Waals surface area contributed by atoms with Crippen LogP contribution in [0.3, 0.4) is 0 Å². The lowest BCUT2D eigenvalue weighted by Gasteiger charge is -2.29. The predicted octanol–water partition coefficient (Wildman–Crippen LogP) is 5.31. The number of hydrogen-bond donors (Lipinski definition) is 1. The van der Waals surface area contributed by atoms with Crippen LogP contribution in [0.2, 0.25) is 0 Å². The maximum Gasteiger partial charge on any atom is 0.297 e. The zero-order chi connectivity index (χ0) is 20.4. The number of nitrogens with zero attached hydrogens (tertiary/aromatic N) is 2. The second kappa shape index (κ2) is 9.09. The minimum absolute atomic E-state index is 0. The van der Waals surface area contributed by atoms with Gasteiger partial charge < -0.3 is 14.6 Å². The van der Waals surface area contributed by atoms with Gasteiger partial charge in [-0.1, -0.05) is 23.8 Å². The van der Waals surface area contributed by atoms with Crippen LogP contribution in [0.5, 0.6) is 0 Å². The Morgan fingerprint density at radius 3 is 2.47 bits per heavy atom. The van der Waals surface area contributed by atoms with Crippen molar-refractivity contribution < 1.29 is 18.0 Å². The molecule has 0 saturated heterocycles. The second-order valence-corrected chi connectivity index (χ2v) is 6.87. The van der Waals surface area contributed by atoms with Crippen LogP contribution >= 0.6 is 12.4 Å². The Morgan fingerprint density at radius 2 is 1.83 bits per heavy atom. The first kappa shape index (κ1) is 21.5. The Bertz CT molecular complexity index is 1050. The van der Waals surface area contributed by atoms with Gasteiger partial charge in [-0.05, 0) is 48.7 Å². The number of aromatic nitrogens is 1. The monoisotopic (exact) mass is 431 g/mol. The smallest absolute Gasteiger partial charge is 0.297 e. The first-order valence-electron chi connectivity index (χ1n) is 9.22. The molecule has 3 aromatic rings. The van der Waals surface area contributed by atoms with Crippen LogP contribution in [-0.2, 0) is 0 Å².